The topological polar surface area (TPSA) is 58.6 Å². The second-order valence-corrected chi connectivity index (χ2v) is 4.85. The van der Waals surface area contributed by atoms with Crippen LogP contribution in [0.3, 0.4) is 0 Å². The highest BCUT2D eigenvalue weighted by molar-refractivity contribution is 6.27. The lowest BCUT2D eigenvalue weighted by Gasteiger charge is -2.30. The minimum absolute atomic E-state index is 0.0539. The summed E-state index contributed by atoms with van der Waals surface area (Å²) >= 11 is 10.9. The molecule has 1 N–H and O–H groups in total. The third-order valence-corrected chi connectivity index (χ3v) is 3.40. The number of allylic oxidation sites excluding steroid dienone is 3. The molecule has 7 heteroatoms. The van der Waals surface area contributed by atoms with Gasteiger partial charge < -0.3 is 15.0 Å². The Hall–Kier alpha value is -1.72. The molecule has 0 radical (unpaired) electrons. The second-order valence-electron chi connectivity index (χ2n) is 4.32. The largest absolute Gasteiger partial charge is 0.460 e. The van der Waals surface area contributed by atoms with Gasteiger partial charge in [0.25, 0.3) is 0 Å². The molecule has 0 spiro atoms. The Morgan fingerprint density at radius 3 is 2.81 bits per heavy atom. The van der Waals surface area contributed by atoms with Gasteiger partial charge in [-0.3, -0.25) is 9.59 Å². The lowest BCUT2D eigenvalue weighted by molar-refractivity contribution is -0.139. The normalized spacial score (nSPS) is 16.5. The first-order valence-corrected chi connectivity index (χ1v) is 7.35. The second kappa shape index (κ2) is 7.33. The molecule has 2 aliphatic rings. The van der Waals surface area contributed by atoms with Crippen molar-refractivity contribution >= 4 is 35.1 Å². The maximum Gasteiger partial charge on any atom is 0.321 e. The SMILES string of the molecule is O=C(CCl)NC1=C2C=CC=CN2CC=C1COC(=O)CCl. The molecule has 0 saturated carbocycles. The molecule has 0 atom stereocenters. The maximum absolute atomic E-state index is 11.6. The van der Waals surface area contributed by atoms with Crippen molar-refractivity contribution in [1.29, 1.82) is 0 Å². The lowest BCUT2D eigenvalue weighted by atomic mass is 10.0. The Kier molecular flexibility index (Phi) is 5.47. The van der Waals surface area contributed by atoms with Crippen molar-refractivity contribution in [2.24, 2.45) is 0 Å². The average molecular weight is 329 g/mol. The van der Waals surface area contributed by atoms with E-state index in [1.54, 1.807) is 0 Å². The molecule has 2 aliphatic heterocycles. The van der Waals surface area contributed by atoms with Gasteiger partial charge in [-0.25, -0.2) is 0 Å². The first kappa shape index (κ1) is 15.7. The molecule has 21 heavy (non-hydrogen) atoms. The van der Waals surface area contributed by atoms with Gasteiger partial charge in [0, 0.05) is 18.3 Å². The molecule has 2 heterocycles. The average Bonchev–Trinajstić information content (AvgIpc) is 2.53. The molecule has 0 saturated heterocycles. The first-order chi connectivity index (χ1) is 10.2. The minimum atomic E-state index is -0.507. The van der Waals surface area contributed by atoms with E-state index in [9.17, 15) is 9.59 Å². The minimum Gasteiger partial charge on any atom is -0.460 e. The van der Waals surface area contributed by atoms with E-state index in [4.69, 9.17) is 27.9 Å². The zero-order valence-corrected chi connectivity index (χ0v) is 12.7. The summed E-state index contributed by atoms with van der Waals surface area (Å²) in [5.41, 5.74) is 2.14. The molecule has 0 unspecified atom stereocenters. The highest BCUT2D eigenvalue weighted by Gasteiger charge is 2.22. The van der Waals surface area contributed by atoms with E-state index in [0.29, 0.717) is 12.2 Å². The number of rotatable bonds is 5. The summed E-state index contributed by atoms with van der Waals surface area (Å²) in [5, 5.41) is 2.75. The molecule has 0 aromatic rings. The number of halogens is 2. The van der Waals surface area contributed by atoms with E-state index in [2.05, 4.69) is 5.32 Å². The van der Waals surface area contributed by atoms with Gasteiger partial charge in [0.1, 0.15) is 18.4 Å². The number of alkyl halides is 2. The van der Waals surface area contributed by atoms with Gasteiger partial charge in [-0.2, -0.15) is 0 Å². The van der Waals surface area contributed by atoms with Crippen LogP contribution in [-0.2, 0) is 14.3 Å². The van der Waals surface area contributed by atoms with Crippen molar-refractivity contribution in [2.75, 3.05) is 24.9 Å². The Morgan fingerprint density at radius 2 is 2.10 bits per heavy atom. The molecule has 0 aliphatic carbocycles. The van der Waals surface area contributed by atoms with E-state index in [1.165, 1.54) is 0 Å². The molecule has 0 aromatic heterocycles. The van der Waals surface area contributed by atoms with Crippen molar-refractivity contribution in [3.63, 3.8) is 0 Å². The van der Waals surface area contributed by atoms with Crippen LogP contribution in [0.25, 0.3) is 0 Å². The highest BCUT2D eigenvalue weighted by Crippen LogP contribution is 2.25. The van der Waals surface area contributed by atoms with Crippen LogP contribution >= 0.6 is 23.2 Å². The zero-order valence-electron chi connectivity index (χ0n) is 11.1. The predicted octanol–water partition coefficient (Wildman–Crippen LogP) is 1.66. The molecule has 0 aromatic carbocycles. The summed E-state index contributed by atoms with van der Waals surface area (Å²) in [6, 6.07) is 0. The monoisotopic (exact) mass is 328 g/mol. The van der Waals surface area contributed by atoms with Crippen molar-refractivity contribution < 1.29 is 14.3 Å². The molecule has 5 nitrogen and oxygen atoms in total. The lowest BCUT2D eigenvalue weighted by Crippen LogP contribution is -2.34. The highest BCUT2D eigenvalue weighted by atomic mass is 35.5. The summed E-state index contributed by atoms with van der Waals surface area (Å²) in [4.78, 5) is 24.8. The van der Waals surface area contributed by atoms with Crippen LogP contribution in [-0.4, -0.2) is 41.7 Å². The number of amides is 1. The molecular weight excluding hydrogens is 315 g/mol. The quantitative estimate of drug-likeness (QED) is 0.616. The molecule has 0 bridgehead atoms. The zero-order chi connectivity index (χ0) is 15.2. The first-order valence-electron chi connectivity index (χ1n) is 6.28. The van der Waals surface area contributed by atoms with Crippen LogP contribution in [0.4, 0.5) is 0 Å². The van der Waals surface area contributed by atoms with Crippen LogP contribution < -0.4 is 5.32 Å². The van der Waals surface area contributed by atoms with Gasteiger partial charge in [0.05, 0.1) is 11.4 Å². The fraction of sp³-hybridized carbons (Fsp3) is 0.286. The maximum atomic E-state index is 11.6. The molecule has 1 amide bonds. The fourth-order valence-electron chi connectivity index (χ4n) is 1.98. The number of hydrogen-bond acceptors (Lipinski definition) is 4. The number of carbonyl (C=O) groups excluding carboxylic acids is 2. The van der Waals surface area contributed by atoms with Crippen LogP contribution in [0.5, 0.6) is 0 Å². The van der Waals surface area contributed by atoms with Crippen molar-refractivity contribution in [3.05, 3.63) is 47.5 Å². The summed E-state index contributed by atoms with van der Waals surface area (Å²) < 4.78 is 5.04. The van der Waals surface area contributed by atoms with E-state index in [0.717, 1.165) is 11.3 Å². The van der Waals surface area contributed by atoms with Gasteiger partial charge in [0.15, 0.2) is 0 Å². The van der Waals surface area contributed by atoms with Gasteiger partial charge in [0.2, 0.25) is 5.91 Å². The van der Waals surface area contributed by atoms with Crippen molar-refractivity contribution in [2.45, 2.75) is 0 Å². The number of hydrogen-bond donors (Lipinski definition) is 1. The third kappa shape index (κ3) is 3.89. The number of fused-ring (bicyclic) bond motifs is 1. The smallest absolute Gasteiger partial charge is 0.321 e. The van der Waals surface area contributed by atoms with Gasteiger partial charge in [-0.15, -0.1) is 23.2 Å². The van der Waals surface area contributed by atoms with Crippen LogP contribution in [0, 0.1) is 0 Å². The van der Waals surface area contributed by atoms with Crippen LogP contribution in [0.15, 0.2) is 47.5 Å². The molecule has 2 rings (SSSR count). The molecule has 0 fully saturated rings. The number of esters is 1. The van der Waals surface area contributed by atoms with Gasteiger partial charge in [-0.05, 0) is 12.2 Å². The summed E-state index contributed by atoms with van der Waals surface area (Å²) in [7, 11) is 0. The van der Waals surface area contributed by atoms with Gasteiger partial charge >= 0.3 is 5.97 Å². The van der Waals surface area contributed by atoms with E-state index < -0.39 is 5.97 Å². The molecule has 112 valence electrons. The van der Waals surface area contributed by atoms with Crippen LogP contribution in [0.2, 0.25) is 0 Å². The number of carbonyl (C=O) groups is 2. The van der Waals surface area contributed by atoms with E-state index in [1.807, 2.05) is 35.4 Å². The third-order valence-electron chi connectivity index (χ3n) is 2.94. The van der Waals surface area contributed by atoms with E-state index >= 15 is 0 Å². The summed E-state index contributed by atoms with van der Waals surface area (Å²) in [5.74, 6) is -1.18. The standard InChI is InChI=1S/C14H14Cl2N2O3/c15-7-12(19)17-14-10(9-21-13(20)8-16)4-6-18-5-2-1-3-11(14)18/h1-5H,6-9H2,(H,17,19). The summed E-state index contributed by atoms with van der Waals surface area (Å²) in [6.07, 6.45) is 9.43. The Bertz CT molecular complexity index is 565. The fourth-order valence-corrected chi connectivity index (χ4v) is 2.13. The van der Waals surface area contributed by atoms with Gasteiger partial charge in [-0.1, -0.05) is 12.2 Å². The van der Waals surface area contributed by atoms with Crippen molar-refractivity contribution in [1.82, 2.24) is 10.2 Å². The number of nitrogens with zero attached hydrogens (tertiary/aromatic N) is 1. The summed E-state index contributed by atoms with van der Waals surface area (Å²) in [6.45, 7) is 0.683. The Balaban J connectivity index is 2.22. The predicted molar refractivity (Wildman–Crippen MR) is 80.6 cm³/mol. The van der Waals surface area contributed by atoms with Crippen LogP contribution in [0.1, 0.15) is 0 Å². The van der Waals surface area contributed by atoms with E-state index in [-0.39, 0.29) is 24.3 Å². The number of ether oxygens (including phenoxy) is 1. The molecular formula is C14H14Cl2N2O3. The van der Waals surface area contributed by atoms with Crippen molar-refractivity contribution in [3.8, 4) is 0 Å². The Morgan fingerprint density at radius 1 is 1.29 bits per heavy atom. The number of nitrogens with one attached hydrogen (secondary N) is 1. The Labute approximate surface area is 132 Å².